The minimum absolute atomic E-state index is 0.130. The summed E-state index contributed by atoms with van der Waals surface area (Å²) >= 11 is 6.82. The Bertz CT molecular complexity index is 1910. The third-order valence-electron chi connectivity index (χ3n) is 8.82. The van der Waals surface area contributed by atoms with Crippen molar-refractivity contribution in [1.82, 2.24) is 24.9 Å². The number of methoxy groups -OCH3 is 1. The van der Waals surface area contributed by atoms with E-state index in [1.807, 2.05) is 41.2 Å². The van der Waals surface area contributed by atoms with Crippen LogP contribution in [0, 0.1) is 17.1 Å². The molecular weight excluding hydrogens is 615 g/mol. The van der Waals surface area contributed by atoms with Crippen molar-refractivity contribution in [2.75, 3.05) is 30.8 Å². The molecule has 0 radical (unpaired) electrons. The molecule has 0 saturated carbocycles. The lowest BCUT2D eigenvalue weighted by atomic mass is 9.98. The first-order valence-electron chi connectivity index (χ1n) is 15.7. The van der Waals surface area contributed by atoms with Gasteiger partial charge in [0.25, 0.3) is 0 Å². The summed E-state index contributed by atoms with van der Waals surface area (Å²) in [4.78, 5) is 7.00. The third kappa shape index (κ3) is 7.02. The van der Waals surface area contributed by atoms with Gasteiger partial charge in [-0.05, 0) is 69.5 Å². The minimum atomic E-state index is -0.454. The highest BCUT2D eigenvalue weighted by Gasteiger charge is 2.29. The molecule has 1 fully saturated rings. The molecule has 5 aromatic rings. The van der Waals surface area contributed by atoms with Gasteiger partial charge in [-0.15, -0.1) is 5.10 Å². The molecular formula is C36H38ClFN8O. The van der Waals surface area contributed by atoms with Gasteiger partial charge in [-0.2, -0.15) is 5.26 Å². The summed E-state index contributed by atoms with van der Waals surface area (Å²) in [6.45, 7) is 9.14. The van der Waals surface area contributed by atoms with Crippen LogP contribution in [0.5, 0.6) is 5.75 Å². The lowest BCUT2D eigenvalue weighted by Gasteiger charge is -2.40. The van der Waals surface area contributed by atoms with Crippen molar-refractivity contribution < 1.29 is 9.13 Å². The standard InChI is InChI=1S/C36H38ClFN8O/c1-36(2,3)45-15-13-28(14-16-45)46-22-31(43-44-46)34(23-9-11-26(38)12-10-23)42-27-17-29-33(25(19-39)21-41-35(29)30(37)18-27)40-20-24-7-5-6-8-32(24)47-4/h5-12,17-18,21-22,28,34,42H,13-16,20H2,1-4H3,(H,40,41). The van der Waals surface area contributed by atoms with Crippen LogP contribution in [-0.2, 0) is 6.54 Å². The molecule has 1 saturated heterocycles. The van der Waals surface area contributed by atoms with Crippen molar-refractivity contribution in [1.29, 1.82) is 5.26 Å². The predicted octanol–water partition coefficient (Wildman–Crippen LogP) is 7.75. The maximum absolute atomic E-state index is 14.0. The van der Waals surface area contributed by atoms with Crippen molar-refractivity contribution in [3.8, 4) is 11.8 Å². The van der Waals surface area contributed by atoms with Gasteiger partial charge in [-0.25, -0.2) is 9.07 Å². The highest BCUT2D eigenvalue weighted by Crippen LogP contribution is 2.36. The number of rotatable bonds is 9. The molecule has 2 aromatic heterocycles. The van der Waals surface area contributed by atoms with Crippen LogP contribution in [0.2, 0.25) is 5.02 Å². The Morgan fingerprint density at radius 1 is 1.11 bits per heavy atom. The van der Waals surface area contributed by atoms with Crippen LogP contribution >= 0.6 is 11.6 Å². The Balaban J connectivity index is 1.33. The Labute approximate surface area is 279 Å². The molecule has 242 valence electrons. The second-order valence-electron chi connectivity index (χ2n) is 12.8. The normalized spacial score (nSPS) is 14.9. The molecule has 1 aliphatic rings. The van der Waals surface area contributed by atoms with E-state index in [1.54, 1.807) is 25.3 Å². The molecule has 11 heteroatoms. The number of pyridine rings is 1. The summed E-state index contributed by atoms with van der Waals surface area (Å²) in [6, 6.07) is 19.8. The highest BCUT2D eigenvalue weighted by molar-refractivity contribution is 6.35. The molecule has 0 spiro atoms. The molecule has 6 rings (SSSR count). The van der Waals surface area contributed by atoms with Gasteiger partial charge in [0, 0.05) is 48.0 Å². The van der Waals surface area contributed by atoms with Crippen molar-refractivity contribution in [2.24, 2.45) is 0 Å². The lowest BCUT2D eigenvalue weighted by Crippen LogP contribution is -2.46. The average Bonchev–Trinajstić information content (AvgIpc) is 3.56. The number of likely N-dealkylation sites (tertiary alicyclic amines) is 1. The molecule has 2 N–H and O–H groups in total. The van der Waals surface area contributed by atoms with Gasteiger partial charge in [0.2, 0.25) is 0 Å². The molecule has 3 aromatic carbocycles. The van der Waals surface area contributed by atoms with E-state index in [4.69, 9.17) is 16.3 Å². The Morgan fingerprint density at radius 3 is 2.55 bits per heavy atom. The number of nitrogens with one attached hydrogen (secondary N) is 2. The summed E-state index contributed by atoms with van der Waals surface area (Å²) in [5, 5.41) is 27.2. The second-order valence-corrected chi connectivity index (χ2v) is 13.2. The van der Waals surface area contributed by atoms with Crippen LogP contribution < -0.4 is 15.4 Å². The number of fused-ring (bicyclic) bond motifs is 1. The van der Waals surface area contributed by atoms with E-state index in [1.165, 1.54) is 18.3 Å². The van der Waals surface area contributed by atoms with Gasteiger partial charge in [0.05, 0.1) is 47.2 Å². The molecule has 47 heavy (non-hydrogen) atoms. The lowest BCUT2D eigenvalue weighted by molar-refractivity contribution is 0.0866. The van der Waals surface area contributed by atoms with Crippen molar-refractivity contribution in [3.05, 3.63) is 106 Å². The quantitative estimate of drug-likeness (QED) is 0.167. The first-order valence-corrected chi connectivity index (χ1v) is 16.1. The number of anilines is 2. The average molecular weight is 653 g/mol. The van der Waals surface area contributed by atoms with E-state index < -0.39 is 6.04 Å². The number of piperidine rings is 1. The first-order chi connectivity index (χ1) is 22.6. The van der Waals surface area contributed by atoms with Gasteiger partial charge in [-0.3, -0.25) is 9.88 Å². The van der Waals surface area contributed by atoms with Crippen LogP contribution in [0.3, 0.4) is 0 Å². The third-order valence-corrected chi connectivity index (χ3v) is 9.11. The Hall–Kier alpha value is -4.72. The molecule has 1 aliphatic heterocycles. The Kier molecular flexibility index (Phi) is 9.30. The number of para-hydroxylation sites is 1. The number of aromatic nitrogens is 4. The molecule has 1 atom stereocenters. The van der Waals surface area contributed by atoms with Crippen LogP contribution in [0.15, 0.2) is 73.1 Å². The number of hydrogen-bond donors (Lipinski definition) is 2. The molecule has 1 unspecified atom stereocenters. The summed E-state index contributed by atoms with van der Waals surface area (Å²) < 4.78 is 21.5. The molecule has 0 bridgehead atoms. The van der Waals surface area contributed by atoms with E-state index in [9.17, 15) is 9.65 Å². The van der Waals surface area contributed by atoms with Gasteiger partial charge in [0.15, 0.2) is 0 Å². The zero-order chi connectivity index (χ0) is 33.1. The second kappa shape index (κ2) is 13.6. The van der Waals surface area contributed by atoms with Crippen LogP contribution in [0.25, 0.3) is 10.9 Å². The number of halogens is 2. The van der Waals surface area contributed by atoms with Crippen molar-refractivity contribution >= 4 is 33.9 Å². The van der Waals surface area contributed by atoms with Crippen LogP contribution in [0.1, 0.15) is 68.1 Å². The van der Waals surface area contributed by atoms with Crippen molar-refractivity contribution in [2.45, 2.75) is 57.8 Å². The van der Waals surface area contributed by atoms with Crippen LogP contribution in [-0.4, -0.2) is 50.6 Å². The molecule has 3 heterocycles. The minimum Gasteiger partial charge on any atom is -0.496 e. The van der Waals surface area contributed by atoms with E-state index in [0.717, 1.165) is 42.8 Å². The summed E-state index contributed by atoms with van der Waals surface area (Å²) in [5.41, 5.74) is 4.82. The number of nitriles is 1. The van der Waals surface area contributed by atoms with E-state index in [2.05, 4.69) is 57.7 Å². The van der Waals surface area contributed by atoms with E-state index in [-0.39, 0.29) is 17.4 Å². The highest BCUT2D eigenvalue weighted by atomic mass is 35.5. The first kappa shape index (κ1) is 32.2. The fourth-order valence-corrected chi connectivity index (χ4v) is 6.47. The summed E-state index contributed by atoms with van der Waals surface area (Å²) in [5.74, 6) is 0.420. The zero-order valence-electron chi connectivity index (χ0n) is 27.0. The number of nitrogens with zero attached hydrogens (tertiary/aromatic N) is 6. The SMILES string of the molecule is COc1ccccc1CNc1c(C#N)cnc2c(Cl)cc(NC(c3ccc(F)cc3)c3cn(C4CCN(C(C)(C)C)CC4)nn3)cc12. The monoisotopic (exact) mass is 652 g/mol. The number of benzene rings is 3. The molecule has 0 amide bonds. The number of ether oxygens (including phenoxy) is 1. The fraction of sp³-hybridized carbons (Fsp3) is 0.333. The maximum atomic E-state index is 14.0. The largest absolute Gasteiger partial charge is 0.496 e. The molecule has 9 nitrogen and oxygen atoms in total. The van der Waals surface area contributed by atoms with E-state index >= 15 is 0 Å². The van der Waals surface area contributed by atoms with Crippen molar-refractivity contribution in [3.63, 3.8) is 0 Å². The van der Waals surface area contributed by atoms with Gasteiger partial charge in [0.1, 0.15) is 23.3 Å². The zero-order valence-corrected chi connectivity index (χ0v) is 27.7. The fourth-order valence-electron chi connectivity index (χ4n) is 6.20. The summed E-state index contributed by atoms with van der Waals surface area (Å²) in [7, 11) is 1.63. The van der Waals surface area contributed by atoms with Gasteiger partial charge >= 0.3 is 0 Å². The smallest absolute Gasteiger partial charge is 0.123 e. The molecule has 0 aliphatic carbocycles. The number of hydrogen-bond acceptors (Lipinski definition) is 8. The topological polar surface area (TPSA) is 104 Å². The Morgan fingerprint density at radius 2 is 1.85 bits per heavy atom. The van der Waals surface area contributed by atoms with E-state index in [0.29, 0.717) is 45.1 Å². The van der Waals surface area contributed by atoms with Crippen LogP contribution in [0.4, 0.5) is 15.8 Å². The predicted molar refractivity (Wildman–Crippen MR) is 183 cm³/mol. The maximum Gasteiger partial charge on any atom is 0.123 e. The van der Waals surface area contributed by atoms with Gasteiger partial charge < -0.3 is 15.4 Å². The van der Waals surface area contributed by atoms with Gasteiger partial charge in [-0.1, -0.05) is 47.1 Å². The summed E-state index contributed by atoms with van der Waals surface area (Å²) in [6.07, 6.45) is 5.47.